The maximum atomic E-state index is 12.4. The Hall–Kier alpha value is -1.99. The summed E-state index contributed by atoms with van der Waals surface area (Å²) in [6, 6.07) is 0.659. The van der Waals surface area contributed by atoms with E-state index >= 15 is 0 Å². The number of methoxy groups -OCH3 is 1. The minimum absolute atomic E-state index is 0.409. The lowest BCUT2D eigenvalue weighted by Crippen LogP contribution is -2.03. The number of nitro groups is 1. The summed E-state index contributed by atoms with van der Waals surface area (Å²) in [7, 11) is 1.12. The van der Waals surface area contributed by atoms with Crippen molar-refractivity contribution in [3.8, 4) is 5.88 Å². The number of pyridine rings is 1. The Morgan fingerprint density at radius 3 is 2.67 bits per heavy atom. The molecule has 0 bridgehead atoms. The third kappa shape index (κ3) is 2.09. The first-order valence-electron chi connectivity index (χ1n) is 3.74. The number of alkyl halides is 2. The van der Waals surface area contributed by atoms with E-state index in [0.29, 0.717) is 6.07 Å². The molecule has 0 spiro atoms. The lowest BCUT2D eigenvalue weighted by Gasteiger charge is -2.07. The van der Waals surface area contributed by atoms with Gasteiger partial charge in [0, 0.05) is 6.07 Å². The van der Waals surface area contributed by atoms with E-state index in [0.717, 1.165) is 7.11 Å². The molecule has 8 heteroatoms. The van der Waals surface area contributed by atoms with Crippen LogP contribution in [0.1, 0.15) is 12.0 Å². The average molecular weight is 219 g/mol. The van der Waals surface area contributed by atoms with Crippen molar-refractivity contribution in [2.24, 2.45) is 0 Å². The zero-order chi connectivity index (χ0) is 11.6. The molecular weight excluding hydrogens is 212 g/mol. The van der Waals surface area contributed by atoms with Gasteiger partial charge in [0.1, 0.15) is 0 Å². The predicted octanol–water partition coefficient (Wildman–Crippen LogP) is 1.52. The summed E-state index contributed by atoms with van der Waals surface area (Å²) in [5.41, 5.74) is 3.87. The molecule has 0 aliphatic heterocycles. The highest BCUT2D eigenvalue weighted by molar-refractivity contribution is 5.56. The second kappa shape index (κ2) is 4.03. The summed E-state index contributed by atoms with van der Waals surface area (Å²) in [4.78, 5) is 12.9. The molecule has 0 aliphatic rings. The second-order valence-corrected chi connectivity index (χ2v) is 2.55. The number of halogens is 2. The summed E-state index contributed by atoms with van der Waals surface area (Å²) in [6.45, 7) is 0. The van der Waals surface area contributed by atoms with Gasteiger partial charge >= 0.3 is 5.69 Å². The van der Waals surface area contributed by atoms with E-state index in [1.807, 2.05) is 0 Å². The highest BCUT2D eigenvalue weighted by Gasteiger charge is 2.23. The third-order valence-corrected chi connectivity index (χ3v) is 1.65. The van der Waals surface area contributed by atoms with Gasteiger partial charge < -0.3 is 10.5 Å². The van der Waals surface area contributed by atoms with Gasteiger partial charge in [-0.05, 0) is 0 Å². The van der Waals surface area contributed by atoms with Crippen LogP contribution < -0.4 is 10.5 Å². The van der Waals surface area contributed by atoms with Crippen LogP contribution in [0, 0.1) is 10.1 Å². The fourth-order valence-electron chi connectivity index (χ4n) is 0.980. The molecule has 1 aromatic heterocycles. The minimum atomic E-state index is -2.91. The van der Waals surface area contributed by atoms with E-state index in [2.05, 4.69) is 9.72 Å². The van der Waals surface area contributed by atoms with E-state index in [-0.39, 0.29) is 0 Å². The van der Waals surface area contributed by atoms with Gasteiger partial charge in [0.05, 0.1) is 17.6 Å². The summed E-state index contributed by atoms with van der Waals surface area (Å²) < 4.78 is 29.3. The molecule has 0 aliphatic carbocycles. The zero-order valence-corrected chi connectivity index (χ0v) is 7.61. The van der Waals surface area contributed by atoms with Crippen LogP contribution in [-0.2, 0) is 0 Å². The molecule has 0 saturated carbocycles. The van der Waals surface area contributed by atoms with Gasteiger partial charge in [0.15, 0.2) is 0 Å². The van der Waals surface area contributed by atoms with Crippen molar-refractivity contribution < 1.29 is 18.4 Å². The lowest BCUT2D eigenvalue weighted by atomic mass is 10.2. The Kier molecular flexibility index (Phi) is 2.98. The zero-order valence-electron chi connectivity index (χ0n) is 7.61. The van der Waals surface area contributed by atoms with Gasteiger partial charge in [0.25, 0.3) is 6.43 Å². The summed E-state index contributed by atoms with van der Waals surface area (Å²) in [5, 5.41) is 10.4. The highest BCUT2D eigenvalue weighted by atomic mass is 19.3. The number of nitrogen functional groups attached to an aromatic ring is 1. The van der Waals surface area contributed by atoms with Crippen molar-refractivity contribution >= 4 is 11.5 Å². The quantitative estimate of drug-likeness (QED) is 0.614. The monoisotopic (exact) mass is 219 g/mol. The first-order valence-corrected chi connectivity index (χ1v) is 3.74. The van der Waals surface area contributed by atoms with Crippen molar-refractivity contribution in [3.63, 3.8) is 0 Å². The fourth-order valence-corrected chi connectivity index (χ4v) is 0.980. The van der Waals surface area contributed by atoms with Crippen LogP contribution >= 0.6 is 0 Å². The van der Waals surface area contributed by atoms with Crippen molar-refractivity contribution in [3.05, 3.63) is 21.7 Å². The number of nitrogens with zero attached hydrogens (tertiary/aromatic N) is 2. The maximum Gasteiger partial charge on any atom is 0.311 e. The molecule has 1 aromatic rings. The molecule has 0 aromatic carbocycles. The van der Waals surface area contributed by atoms with E-state index < -0.39 is 34.3 Å². The van der Waals surface area contributed by atoms with Crippen LogP contribution in [0.4, 0.5) is 20.3 Å². The molecule has 0 saturated heterocycles. The molecule has 6 nitrogen and oxygen atoms in total. The Morgan fingerprint density at radius 1 is 1.67 bits per heavy atom. The van der Waals surface area contributed by atoms with E-state index in [9.17, 15) is 18.9 Å². The maximum absolute atomic E-state index is 12.4. The SMILES string of the molecule is COc1nc(N)c([N+](=O)[O-])cc1C(F)F. The number of rotatable bonds is 3. The van der Waals surface area contributed by atoms with E-state index in [4.69, 9.17) is 5.73 Å². The van der Waals surface area contributed by atoms with Gasteiger partial charge in [-0.25, -0.2) is 8.78 Å². The van der Waals surface area contributed by atoms with Gasteiger partial charge in [0.2, 0.25) is 11.7 Å². The van der Waals surface area contributed by atoms with Crippen molar-refractivity contribution in [2.45, 2.75) is 6.43 Å². The number of ether oxygens (including phenoxy) is 1. The number of nitrogens with two attached hydrogens (primary N) is 1. The average Bonchev–Trinajstić information content (AvgIpc) is 2.16. The van der Waals surface area contributed by atoms with Crippen LogP contribution in [0.15, 0.2) is 6.07 Å². The van der Waals surface area contributed by atoms with E-state index in [1.165, 1.54) is 0 Å². The smallest absolute Gasteiger partial charge is 0.311 e. The minimum Gasteiger partial charge on any atom is -0.481 e. The first-order chi connectivity index (χ1) is 6.97. The van der Waals surface area contributed by atoms with Crippen LogP contribution in [0.2, 0.25) is 0 Å². The number of hydrogen-bond donors (Lipinski definition) is 1. The Morgan fingerprint density at radius 2 is 2.27 bits per heavy atom. The standard InChI is InChI=1S/C7H7F2N3O3/c1-15-7-3(5(8)9)2-4(12(13)14)6(10)11-7/h2,5H,1H3,(H2,10,11). The van der Waals surface area contributed by atoms with Crippen LogP contribution in [0.5, 0.6) is 5.88 Å². The second-order valence-electron chi connectivity index (χ2n) is 2.55. The number of hydrogen-bond acceptors (Lipinski definition) is 5. The molecule has 0 fully saturated rings. The molecule has 0 radical (unpaired) electrons. The number of anilines is 1. The Bertz CT molecular complexity index is 397. The molecule has 0 amide bonds. The highest BCUT2D eigenvalue weighted by Crippen LogP contribution is 2.33. The van der Waals surface area contributed by atoms with Gasteiger partial charge in [-0.1, -0.05) is 0 Å². The number of aromatic nitrogens is 1. The molecule has 0 atom stereocenters. The Labute approximate surface area is 82.8 Å². The molecule has 15 heavy (non-hydrogen) atoms. The molecular formula is C7H7F2N3O3. The van der Waals surface area contributed by atoms with Gasteiger partial charge in [-0.2, -0.15) is 4.98 Å². The lowest BCUT2D eigenvalue weighted by molar-refractivity contribution is -0.384. The normalized spacial score (nSPS) is 10.4. The summed E-state index contributed by atoms with van der Waals surface area (Å²) in [5.74, 6) is -0.866. The third-order valence-electron chi connectivity index (χ3n) is 1.65. The van der Waals surface area contributed by atoms with Crippen LogP contribution in [0.3, 0.4) is 0 Å². The van der Waals surface area contributed by atoms with Crippen molar-refractivity contribution in [1.82, 2.24) is 4.98 Å². The van der Waals surface area contributed by atoms with Crippen molar-refractivity contribution in [1.29, 1.82) is 0 Å². The molecule has 82 valence electrons. The predicted molar refractivity (Wildman–Crippen MR) is 46.8 cm³/mol. The van der Waals surface area contributed by atoms with Crippen LogP contribution in [-0.4, -0.2) is 17.0 Å². The van der Waals surface area contributed by atoms with E-state index in [1.54, 1.807) is 0 Å². The molecule has 2 N–H and O–H groups in total. The Balaban J connectivity index is 3.37. The van der Waals surface area contributed by atoms with Crippen molar-refractivity contribution in [2.75, 3.05) is 12.8 Å². The summed E-state index contributed by atoms with van der Waals surface area (Å²) >= 11 is 0. The van der Waals surface area contributed by atoms with Gasteiger partial charge in [-0.15, -0.1) is 0 Å². The summed E-state index contributed by atoms with van der Waals surface area (Å²) in [6.07, 6.45) is -2.91. The first kappa shape index (κ1) is 11.1. The molecule has 0 unspecified atom stereocenters. The topological polar surface area (TPSA) is 91.3 Å². The van der Waals surface area contributed by atoms with Gasteiger partial charge in [-0.3, -0.25) is 10.1 Å². The molecule has 1 heterocycles. The molecule has 1 rings (SSSR count). The largest absolute Gasteiger partial charge is 0.481 e. The fraction of sp³-hybridized carbons (Fsp3) is 0.286. The van der Waals surface area contributed by atoms with Crippen LogP contribution in [0.25, 0.3) is 0 Å².